The van der Waals surface area contributed by atoms with Gasteiger partial charge in [0.1, 0.15) is 6.10 Å². The molecule has 2 unspecified atom stereocenters. The van der Waals surface area contributed by atoms with Gasteiger partial charge in [0, 0.05) is 25.1 Å². The molecule has 0 aliphatic carbocycles. The van der Waals surface area contributed by atoms with Crippen LogP contribution in [-0.4, -0.2) is 48.8 Å². The molecule has 108 valence electrons. The number of hydrogen-bond acceptors (Lipinski definition) is 3. The fraction of sp³-hybridized carbons (Fsp3) is 0.933. The number of piperidine rings is 1. The van der Waals surface area contributed by atoms with Gasteiger partial charge in [-0.15, -0.1) is 0 Å². The Morgan fingerprint density at radius 3 is 2.74 bits per heavy atom. The van der Waals surface area contributed by atoms with E-state index in [1.54, 1.807) is 0 Å². The van der Waals surface area contributed by atoms with Gasteiger partial charge in [-0.2, -0.15) is 0 Å². The smallest absolute Gasteiger partial charge is 0.251 e. The van der Waals surface area contributed by atoms with Crippen molar-refractivity contribution in [2.24, 2.45) is 5.41 Å². The van der Waals surface area contributed by atoms with E-state index in [4.69, 9.17) is 9.47 Å². The van der Waals surface area contributed by atoms with Gasteiger partial charge in [0.25, 0.3) is 5.91 Å². The highest BCUT2D eigenvalue weighted by Gasteiger charge is 2.43. The van der Waals surface area contributed by atoms with Crippen LogP contribution < -0.4 is 0 Å². The van der Waals surface area contributed by atoms with Crippen molar-refractivity contribution in [3.8, 4) is 0 Å². The summed E-state index contributed by atoms with van der Waals surface area (Å²) in [5, 5.41) is 0. The van der Waals surface area contributed by atoms with Gasteiger partial charge in [0.15, 0.2) is 0 Å². The maximum Gasteiger partial charge on any atom is 0.251 e. The molecule has 3 fully saturated rings. The number of amides is 1. The Bertz CT molecular complexity index is 360. The van der Waals surface area contributed by atoms with Crippen LogP contribution in [0, 0.1) is 5.41 Å². The van der Waals surface area contributed by atoms with E-state index in [0.29, 0.717) is 0 Å². The maximum absolute atomic E-state index is 12.6. The van der Waals surface area contributed by atoms with E-state index in [1.165, 1.54) is 6.42 Å². The molecule has 0 bridgehead atoms. The molecule has 4 nitrogen and oxygen atoms in total. The molecule has 4 heteroatoms. The molecule has 3 heterocycles. The fourth-order valence-corrected chi connectivity index (χ4v) is 3.73. The second-order valence-electron chi connectivity index (χ2n) is 7.07. The zero-order chi connectivity index (χ0) is 13.5. The molecule has 1 amide bonds. The summed E-state index contributed by atoms with van der Waals surface area (Å²) in [6.45, 7) is 7.58. The van der Waals surface area contributed by atoms with Gasteiger partial charge in [0.05, 0.1) is 12.2 Å². The first kappa shape index (κ1) is 13.4. The zero-order valence-electron chi connectivity index (χ0n) is 12.1. The van der Waals surface area contributed by atoms with Crippen molar-refractivity contribution < 1.29 is 14.3 Å². The topological polar surface area (TPSA) is 38.8 Å². The third-order valence-corrected chi connectivity index (χ3v) is 4.90. The molecule has 0 radical (unpaired) electrons. The molecule has 0 aromatic rings. The summed E-state index contributed by atoms with van der Waals surface area (Å²) in [6.07, 6.45) is 5.04. The Kier molecular flexibility index (Phi) is 3.34. The molecule has 3 aliphatic rings. The Hall–Kier alpha value is -0.610. The first-order valence-corrected chi connectivity index (χ1v) is 7.54. The van der Waals surface area contributed by atoms with Crippen molar-refractivity contribution in [3.05, 3.63) is 0 Å². The summed E-state index contributed by atoms with van der Waals surface area (Å²) in [5.74, 6) is 0.205. The number of hydrogen-bond donors (Lipinski definition) is 0. The number of carbonyl (C=O) groups is 1. The van der Waals surface area contributed by atoms with E-state index >= 15 is 0 Å². The number of ether oxygens (including phenoxy) is 2. The van der Waals surface area contributed by atoms with Crippen molar-refractivity contribution in [2.45, 2.75) is 57.7 Å². The highest BCUT2D eigenvalue weighted by molar-refractivity contribution is 5.81. The van der Waals surface area contributed by atoms with Crippen LogP contribution in [0.3, 0.4) is 0 Å². The quantitative estimate of drug-likeness (QED) is 0.729. The molecule has 0 aromatic carbocycles. The van der Waals surface area contributed by atoms with Crippen LogP contribution in [0.1, 0.15) is 46.0 Å². The second-order valence-corrected chi connectivity index (χ2v) is 7.07. The summed E-state index contributed by atoms with van der Waals surface area (Å²) >= 11 is 0. The van der Waals surface area contributed by atoms with E-state index in [9.17, 15) is 4.79 Å². The molecular formula is C15H25NO3. The third-order valence-electron chi connectivity index (χ3n) is 4.90. The zero-order valence-corrected chi connectivity index (χ0v) is 12.1. The van der Waals surface area contributed by atoms with Crippen molar-refractivity contribution in [1.82, 2.24) is 4.90 Å². The third kappa shape index (κ3) is 2.65. The lowest BCUT2D eigenvalue weighted by Crippen LogP contribution is -2.50. The molecule has 3 aliphatic heterocycles. The largest absolute Gasteiger partial charge is 0.381 e. The minimum atomic E-state index is -0.215. The molecule has 1 spiro atoms. The lowest BCUT2D eigenvalue weighted by Gasteiger charge is -2.40. The van der Waals surface area contributed by atoms with Gasteiger partial charge in [-0.3, -0.25) is 4.79 Å². The first-order chi connectivity index (χ1) is 9.00. The second kappa shape index (κ2) is 4.74. The summed E-state index contributed by atoms with van der Waals surface area (Å²) < 4.78 is 11.4. The monoisotopic (exact) mass is 267 g/mol. The Balaban J connectivity index is 1.64. The summed E-state index contributed by atoms with van der Waals surface area (Å²) in [6, 6.07) is 0. The minimum Gasteiger partial charge on any atom is -0.381 e. The van der Waals surface area contributed by atoms with Crippen LogP contribution in [0.25, 0.3) is 0 Å². The van der Waals surface area contributed by atoms with Gasteiger partial charge >= 0.3 is 0 Å². The molecule has 0 N–H and O–H groups in total. The normalized spacial score (nSPS) is 38.0. The average molecular weight is 267 g/mol. The van der Waals surface area contributed by atoms with Crippen molar-refractivity contribution in [1.29, 1.82) is 0 Å². The molecule has 0 aromatic heterocycles. The summed E-state index contributed by atoms with van der Waals surface area (Å²) in [4.78, 5) is 14.6. The van der Waals surface area contributed by atoms with Crippen LogP contribution in [0.2, 0.25) is 0 Å². The van der Waals surface area contributed by atoms with Crippen LogP contribution in [0.15, 0.2) is 0 Å². The first-order valence-electron chi connectivity index (χ1n) is 7.54. The number of likely N-dealkylation sites (tertiary alicyclic amines) is 1. The maximum atomic E-state index is 12.6. The Labute approximate surface area is 115 Å². The van der Waals surface area contributed by atoms with Crippen LogP contribution >= 0.6 is 0 Å². The average Bonchev–Trinajstić information content (AvgIpc) is 2.96. The van der Waals surface area contributed by atoms with Gasteiger partial charge < -0.3 is 14.4 Å². The lowest BCUT2D eigenvalue weighted by atomic mass is 9.79. The highest BCUT2D eigenvalue weighted by atomic mass is 16.5. The van der Waals surface area contributed by atoms with Gasteiger partial charge in [-0.05, 0) is 46.0 Å². The predicted octanol–water partition coefficient (Wildman–Crippen LogP) is 1.97. The van der Waals surface area contributed by atoms with Crippen molar-refractivity contribution in [2.75, 3.05) is 26.3 Å². The molecule has 2 atom stereocenters. The molecule has 3 rings (SSSR count). The van der Waals surface area contributed by atoms with Gasteiger partial charge in [-0.25, -0.2) is 0 Å². The van der Waals surface area contributed by atoms with E-state index in [2.05, 4.69) is 13.8 Å². The van der Waals surface area contributed by atoms with Crippen molar-refractivity contribution >= 4 is 5.91 Å². The standard InChI is InChI=1S/C15H25NO3/c1-14(2)6-4-12(19-14)13(17)16-8-3-5-15(10-16)7-9-18-11-15/h12H,3-11H2,1-2H3. The summed E-state index contributed by atoms with van der Waals surface area (Å²) in [7, 11) is 0. The molecule has 3 saturated heterocycles. The fourth-order valence-electron chi connectivity index (χ4n) is 3.73. The predicted molar refractivity (Wildman–Crippen MR) is 71.9 cm³/mol. The summed E-state index contributed by atoms with van der Waals surface area (Å²) in [5.41, 5.74) is 0.103. The lowest BCUT2D eigenvalue weighted by molar-refractivity contribution is -0.149. The van der Waals surface area contributed by atoms with Crippen LogP contribution in [0.5, 0.6) is 0 Å². The molecule has 19 heavy (non-hydrogen) atoms. The number of nitrogens with zero attached hydrogens (tertiary/aromatic N) is 1. The number of rotatable bonds is 1. The van der Waals surface area contributed by atoms with E-state index in [0.717, 1.165) is 52.0 Å². The van der Waals surface area contributed by atoms with Crippen LogP contribution in [0.4, 0.5) is 0 Å². The van der Waals surface area contributed by atoms with Crippen molar-refractivity contribution in [3.63, 3.8) is 0 Å². The SMILES string of the molecule is CC1(C)CCC(C(=O)N2CCCC3(CCOC3)C2)O1. The van der Waals surface area contributed by atoms with Crippen LogP contribution in [-0.2, 0) is 14.3 Å². The van der Waals surface area contributed by atoms with E-state index in [-0.39, 0.29) is 23.0 Å². The van der Waals surface area contributed by atoms with Gasteiger partial charge in [-0.1, -0.05) is 0 Å². The number of carbonyl (C=O) groups excluding carboxylic acids is 1. The van der Waals surface area contributed by atoms with E-state index in [1.807, 2.05) is 4.90 Å². The Morgan fingerprint density at radius 2 is 2.11 bits per heavy atom. The Morgan fingerprint density at radius 1 is 1.26 bits per heavy atom. The minimum absolute atomic E-state index is 0.135. The molecule has 0 saturated carbocycles. The van der Waals surface area contributed by atoms with Gasteiger partial charge in [0.2, 0.25) is 0 Å². The highest BCUT2D eigenvalue weighted by Crippen LogP contribution is 2.39. The van der Waals surface area contributed by atoms with E-state index < -0.39 is 0 Å². The molecular weight excluding hydrogens is 242 g/mol.